The molecule has 11 nitrogen and oxygen atoms in total. The zero-order valence-corrected chi connectivity index (χ0v) is 17.7. The number of carbonyl (C=O) groups is 5. The van der Waals surface area contributed by atoms with Crippen LogP contribution in [0.1, 0.15) is 31.2 Å². The van der Waals surface area contributed by atoms with Crippen molar-refractivity contribution < 1.29 is 29.1 Å². The van der Waals surface area contributed by atoms with Crippen LogP contribution in [0.5, 0.6) is 0 Å². The van der Waals surface area contributed by atoms with Crippen LogP contribution in [-0.4, -0.2) is 70.8 Å². The molecule has 1 aliphatic heterocycles. The van der Waals surface area contributed by atoms with Crippen LogP contribution in [0.25, 0.3) is 0 Å². The predicted molar refractivity (Wildman–Crippen MR) is 114 cm³/mol. The summed E-state index contributed by atoms with van der Waals surface area (Å²) in [6.07, 6.45) is 0.701. The number of hydrogen-bond donors (Lipinski definition) is 5. The minimum atomic E-state index is -1.16. The number of nitrogens with zero attached hydrogens (tertiary/aromatic N) is 1. The molecule has 32 heavy (non-hydrogen) atoms. The van der Waals surface area contributed by atoms with Gasteiger partial charge < -0.3 is 32.1 Å². The molecule has 3 atom stereocenters. The minimum Gasteiger partial charge on any atom is -0.480 e. The van der Waals surface area contributed by atoms with Crippen molar-refractivity contribution in [3.8, 4) is 0 Å². The summed E-state index contributed by atoms with van der Waals surface area (Å²) < 4.78 is 0. The standard InChI is InChI=1S/C21H29N5O6/c22-12-18(28)24-15(11-13-5-2-1-3-6-13)19(29)25-14(8-9-17(23)27)20(30)26-10-4-7-16(26)21(31)32/h1-3,5-6,14-16H,4,7-12,22H2,(H2,23,27)(H,24,28)(H,25,29)(H,31,32). The summed E-state index contributed by atoms with van der Waals surface area (Å²) in [5.74, 6) is -3.59. The maximum Gasteiger partial charge on any atom is 0.326 e. The van der Waals surface area contributed by atoms with E-state index in [1.807, 2.05) is 6.07 Å². The van der Waals surface area contributed by atoms with Crippen molar-refractivity contribution in [2.45, 2.75) is 50.2 Å². The molecule has 174 valence electrons. The van der Waals surface area contributed by atoms with Crippen LogP contribution in [0.15, 0.2) is 30.3 Å². The highest BCUT2D eigenvalue weighted by atomic mass is 16.4. The number of nitrogens with two attached hydrogens (primary N) is 2. The minimum absolute atomic E-state index is 0.0916. The molecule has 0 radical (unpaired) electrons. The zero-order valence-electron chi connectivity index (χ0n) is 17.7. The molecule has 0 aromatic heterocycles. The molecule has 1 aromatic rings. The van der Waals surface area contributed by atoms with Crippen molar-refractivity contribution in [1.82, 2.24) is 15.5 Å². The maximum atomic E-state index is 13.1. The Kier molecular flexibility index (Phi) is 9.14. The highest BCUT2D eigenvalue weighted by molar-refractivity contribution is 5.94. The SMILES string of the molecule is NCC(=O)NC(Cc1ccccc1)C(=O)NC(CCC(N)=O)C(=O)N1CCCC1C(=O)O. The zero-order chi connectivity index (χ0) is 23.7. The maximum absolute atomic E-state index is 13.1. The molecular weight excluding hydrogens is 418 g/mol. The molecule has 11 heteroatoms. The second-order valence-electron chi connectivity index (χ2n) is 7.61. The molecule has 7 N–H and O–H groups in total. The Balaban J connectivity index is 2.20. The molecule has 2 rings (SSSR count). The van der Waals surface area contributed by atoms with Gasteiger partial charge in [0.25, 0.3) is 0 Å². The third kappa shape index (κ3) is 7.05. The molecule has 0 saturated carbocycles. The Morgan fingerprint density at radius 3 is 2.38 bits per heavy atom. The first-order valence-electron chi connectivity index (χ1n) is 10.4. The lowest BCUT2D eigenvalue weighted by atomic mass is 10.0. The molecule has 1 aromatic carbocycles. The Labute approximate surface area is 185 Å². The van der Waals surface area contributed by atoms with Crippen LogP contribution in [0.4, 0.5) is 0 Å². The summed E-state index contributed by atoms with van der Waals surface area (Å²) in [4.78, 5) is 61.9. The largest absolute Gasteiger partial charge is 0.480 e. The molecule has 1 heterocycles. The second kappa shape index (κ2) is 11.8. The van der Waals surface area contributed by atoms with E-state index in [2.05, 4.69) is 10.6 Å². The smallest absolute Gasteiger partial charge is 0.326 e. The van der Waals surface area contributed by atoms with Gasteiger partial charge >= 0.3 is 5.97 Å². The molecule has 0 bridgehead atoms. The van der Waals surface area contributed by atoms with Gasteiger partial charge in [0.1, 0.15) is 18.1 Å². The van der Waals surface area contributed by atoms with E-state index >= 15 is 0 Å². The number of carbonyl (C=O) groups excluding carboxylic acids is 4. The van der Waals surface area contributed by atoms with E-state index in [0.717, 1.165) is 5.56 Å². The summed E-state index contributed by atoms with van der Waals surface area (Å²) >= 11 is 0. The topological polar surface area (TPSA) is 185 Å². The summed E-state index contributed by atoms with van der Waals surface area (Å²) in [6.45, 7) is -0.0905. The lowest BCUT2D eigenvalue weighted by molar-refractivity contribution is -0.149. The van der Waals surface area contributed by atoms with Gasteiger partial charge in [-0.3, -0.25) is 19.2 Å². The number of rotatable bonds is 11. The van der Waals surface area contributed by atoms with Crippen LogP contribution >= 0.6 is 0 Å². The number of amides is 4. The Hall–Kier alpha value is -3.47. The molecule has 0 aliphatic carbocycles. The van der Waals surface area contributed by atoms with Gasteiger partial charge in [0.15, 0.2) is 0 Å². The highest BCUT2D eigenvalue weighted by Crippen LogP contribution is 2.19. The molecule has 0 spiro atoms. The first kappa shape index (κ1) is 24.8. The van der Waals surface area contributed by atoms with E-state index < -0.39 is 47.7 Å². The van der Waals surface area contributed by atoms with Gasteiger partial charge in [0.05, 0.1) is 6.54 Å². The fourth-order valence-corrected chi connectivity index (χ4v) is 3.62. The fourth-order valence-electron chi connectivity index (χ4n) is 3.62. The van der Waals surface area contributed by atoms with Crippen molar-refractivity contribution >= 4 is 29.6 Å². The summed E-state index contributed by atoms with van der Waals surface area (Å²) in [5, 5.41) is 14.5. The normalized spacial score (nSPS) is 17.3. The van der Waals surface area contributed by atoms with Crippen LogP contribution in [0, 0.1) is 0 Å². The first-order valence-corrected chi connectivity index (χ1v) is 10.4. The third-order valence-electron chi connectivity index (χ3n) is 5.23. The summed E-state index contributed by atoms with van der Waals surface area (Å²) in [6, 6.07) is 5.77. The van der Waals surface area contributed by atoms with Gasteiger partial charge in [0.2, 0.25) is 23.6 Å². The van der Waals surface area contributed by atoms with Gasteiger partial charge in [-0.1, -0.05) is 30.3 Å². The van der Waals surface area contributed by atoms with Crippen LogP contribution in [0.2, 0.25) is 0 Å². The monoisotopic (exact) mass is 447 g/mol. The quantitative estimate of drug-likeness (QED) is 0.273. The van der Waals surface area contributed by atoms with E-state index in [1.165, 1.54) is 4.90 Å². The van der Waals surface area contributed by atoms with Gasteiger partial charge in [-0.2, -0.15) is 0 Å². The third-order valence-corrected chi connectivity index (χ3v) is 5.23. The summed E-state index contributed by atoms with van der Waals surface area (Å²) in [5.41, 5.74) is 11.3. The lowest BCUT2D eigenvalue weighted by Gasteiger charge is -2.28. The number of benzene rings is 1. The second-order valence-corrected chi connectivity index (χ2v) is 7.61. The summed E-state index contributed by atoms with van der Waals surface area (Å²) in [7, 11) is 0. The number of primary amides is 1. The number of likely N-dealkylation sites (tertiary alicyclic amines) is 1. The predicted octanol–water partition coefficient (Wildman–Crippen LogP) is -1.50. The highest BCUT2D eigenvalue weighted by Gasteiger charge is 2.38. The van der Waals surface area contributed by atoms with Crippen molar-refractivity contribution in [1.29, 1.82) is 0 Å². The number of hydrogen-bond acceptors (Lipinski definition) is 6. The van der Waals surface area contributed by atoms with E-state index in [-0.39, 0.29) is 32.4 Å². The fraction of sp³-hybridized carbons (Fsp3) is 0.476. The molecule has 1 fully saturated rings. The van der Waals surface area contributed by atoms with Gasteiger partial charge in [0, 0.05) is 19.4 Å². The first-order chi connectivity index (χ1) is 15.2. The van der Waals surface area contributed by atoms with Crippen LogP contribution < -0.4 is 22.1 Å². The Bertz CT molecular complexity index is 846. The number of nitrogens with one attached hydrogen (secondary N) is 2. The van der Waals surface area contributed by atoms with Crippen LogP contribution in [0.3, 0.4) is 0 Å². The van der Waals surface area contributed by atoms with Crippen molar-refractivity contribution in [2.75, 3.05) is 13.1 Å². The molecule has 1 saturated heterocycles. The molecule has 1 aliphatic rings. The molecule has 3 unspecified atom stereocenters. The average molecular weight is 447 g/mol. The number of carboxylic acids is 1. The molecule has 4 amide bonds. The average Bonchev–Trinajstić information content (AvgIpc) is 3.26. The van der Waals surface area contributed by atoms with E-state index in [9.17, 15) is 29.1 Å². The van der Waals surface area contributed by atoms with Crippen molar-refractivity contribution in [3.63, 3.8) is 0 Å². The van der Waals surface area contributed by atoms with E-state index in [0.29, 0.717) is 12.8 Å². The number of carboxylic acid groups (broad SMARTS) is 1. The van der Waals surface area contributed by atoms with Gasteiger partial charge in [-0.15, -0.1) is 0 Å². The van der Waals surface area contributed by atoms with Crippen LogP contribution in [-0.2, 0) is 30.4 Å². The lowest BCUT2D eigenvalue weighted by Crippen LogP contribution is -2.56. The Morgan fingerprint density at radius 1 is 1.09 bits per heavy atom. The Morgan fingerprint density at radius 2 is 1.78 bits per heavy atom. The van der Waals surface area contributed by atoms with E-state index in [1.54, 1.807) is 24.3 Å². The van der Waals surface area contributed by atoms with Crippen molar-refractivity contribution in [2.24, 2.45) is 11.5 Å². The van der Waals surface area contributed by atoms with Crippen molar-refractivity contribution in [3.05, 3.63) is 35.9 Å². The number of aliphatic carboxylic acids is 1. The van der Waals surface area contributed by atoms with Gasteiger partial charge in [-0.25, -0.2) is 4.79 Å². The molecular formula is C21H29N5O6. The van der Waals surface area contributed by atoms with E-state index in [4.69, 9.17) is 11.5 Å². The van der Waals surface area contributed by atoms with Gasteiger partial charge in [-0.05, 0) is 24.8 Å².